The molecule has 2 aromatic rings. The zero-order chi connectivity index (χ0) is 14.7. The molecule has 3 rings (SSSR count). The lowest BCUT2D eigenvalue weighted by atomic mass is 10.1. The van der Waals surface area contributed by atoms with Crippen LogP contribution in [0.25, 0.3) is 5.95 Å². The molecule has 1 unspecified atom stereocenters. The van der Waals surface area contributed by atoms with Gasteiger partial charge in [0.25, 0.3) is 0 Å². The quantitative estimate of drug-likeness (QED) is 0.903. The van der Waals surface area contributed by atoms with Gasteiger partial charge < -0.3 is 10.2 Å². The summed E-state index contributed by atoms with van der Waals surface area (Å²) in [6.45, 7) is 7.09. The van der Waals surface area contributed by atoms with Crippen LogP contribution in [0.5, 0.6) is 0 Å². The fourth-order valence-electron chi connectivity index (χ4n) is 2.57. The van der Waals surface area contributed by atoms with Crippen LogP contribution in [-0.2, 0) is 0 Å². The van der Waals surface area contributed by atoms with Crippen LogP contribution in [0.2, 0.25) is 0 Å². The summed E-state index contributed by atoms with van der Waals surface area (Å²) in [6.07, 6.45) is 7.68. The number of nitrogens with one attached hydrogen (secondary N) is 1. The van der Waals surface area contributed by atoms with Crippen molar-refractivity contribution in [1.29, 1.82) is 0 Å². The smallest absolute Gasteiger partial charge is 0.241 e. The van der Waals surface area contributed by atoms with Crippen molar-refractivity contribution in [2.45, 2.75) is 26.7 Å². The third-order valence-corrected chi connectivity index (χ3v) is 3.83. The molecular formula is C14H21N7. The maximum Gasteiger partial charge on any atom is 0.241 e. The van der Waals surface area contributed by atoms with E-state index in [-0.39, 0.29) is 0 Å². The van der Waals surface area contributed by atoms with Crippen molar-refractivity contribution in [2.24, 2.45) is 5.92 Å². The van der Waals surface area contributed by atoms with Crippen molar-refractivity contribution in [1.82, 2.24) is 24.5 Å². The fourth-order valence-corrected chi connectivity index (χ4v) is 2.57. The van der Waals surface area contributed by atoms with Gasteiger partial charge in [-0.25, -0.2) is 4.98 Å². The number of rotatable bonds is 5. The molecule has 2 aromatic heterocycles. The summed E-state index contributed by atoms with van der Waals surface area (Å²) >= 11 is 0. The standard InChI is InChI=1S/C14H21N7/c1-3-11-5-7-20(9-11)13-17-12(16-4-2)18-14(19-13)21-8-6-15-10-21/h6,8,10-11H,3-5,7,9H2,1-2H3,(H,16,17,18,19). The average molecular weight is 287 g/mol. The molecule has 0 aromatic carbocycles. The van der Waals surface area contributed by atoms with Gasteiger partial charge >= 0.3 is 0 Å². The number of hydrogen-bond acceptors (Lipinski definition) is 6. The molecule has 1 atom stereocenters. The van der Waals surface area contributed by atoms with Gasteiger partial charge in [-0.1, -0.05) is 13.3 Å². The molecular weight excluding hydrogens is 266 g/mol. The van der Waals surface area contributed by atoms with Gasteiger partial charge in [0.2, 0.25) is 17.8 Å². The van der Waals surface area contributed by atoms with E-state index < -0.39 is 0 Å². The molecule has 0 bridgehead atoms. The summed E-state index contributed by atoms with van der Waals surface area (Å²) < 4.78 is 1.80. The normalized spacial score (nSPS) is 18.2. The van der Waals surface area contributed by atoms with E-state index in [9.17, 15) is 0 Å². The Bertz CT molecular complexity index is 581. The molecule has 21 heavy (non-hydrogen) atoms. The van der Waals surface area contributed by atoms with E-state index >= 15 is 0 Å². The first-order chi connectivity index (χ1) is 10.3. The number of aromatic nitrogens is 5. The Morgan fingerprint density at radius 2 is 2.10 bits per heavy atom. The number of nitrogens with zero attached hydrogens (tertiary/aromatic N) is 6. The first-order valence-electron chi connectivity index (χ1n) is 7.53. The fraction of sp³-hybridized carbons (Fsp3) is 0.571. The summed E-state index contributed by atoms with van der Waals surface area (Å²) in [5.41, 5.74) is 0. The molecule has 7 heteroatoms. The number of anilines is 2. The predicted octanol–water partition coefficient (Wildman–Crippen LogP) is 1.73. The van der Waals surface area contributed by atoms with E-state index in [0.717, 1.165) is 31.5 Å². The highest BCUT2D eigenvalue weighted by atomic mass is 15.3. The Balaban J connectivity index is 1.92. The highest BCUT2D eigenvalue weighted by Gasteiger charge is 2.24. The minimum Gasteiger partial charge on any atom is -0.354 e. The largest absolute Gasteiger partial charge is 0.354 e. The van der Waals surface area contributed by atoms with Gasteiger partial charge in [0, 0.05) is 32.0 Å². The van der Waals surface area contributed by atoms with Crippen LogP contribution in [0.4, 0.5) is 11.9 Å². The summed E-state index contributed by atoms with van der Waals surface area (Å²) in [4.78, 5) is 19.9. The molecule has 1 aliphatic heterocycles. The molecule has 0 spiro atoms. The van der Waals surface area contributed by atoms with Crippen molar-refractivity contribution >= 4 is 11.9 Å². The lowest BCUT2D eigenvalue weighted by Crippen LogP contribution is -2.23. The van der Waals surface area contributed by atoms with E-state index in [0.29, 0.717) is 11.9 Å². The lowest BCUT2D eigenvalue weighted by Gasteiger charge is -2.17. The maximum absolute atomic E-state index is 4.60. The van der Waals surface area contributed by atoms with Gasteiger partial charge in [-0.15, -0.1) is 0 Å². The molecule has 3 heterocycles. The summed E-state index contributed by atoms with van der Waals surface area (Å²) in [6, 6.07) is 0. The van der Waals surface area contributed by atoms with E-state index in [1.165, 1.54) is 12.8 Å². The van der Waals surface area contributed by atoms with Crippen molar-refractivity contribution in [3.05, 3.63) is 18.7 Å². The molecule has 1 N–H and O–H groups in total. The van der Waals surface area contributed by atoms with Crippen LogP contribution >= 0.6 is 0 Å². The van der Waals surface area contributed by atoms with Crippen LogP contribution in [0, 0.1) is 5.92 Å². The summed E-state index contributed by atoms with van der Waals surface area (Å²) in [7, 11) is 0. The van der Waals surface area contributed by atoms with E-state index in [4.69, 9.17) is 0 Å². The second-order valence-corrected chi connectivity index (χ2v) is 5.27. The van der Waals surface area contributed by atoms with Gasteiger partial charge in [-0.2, -0.15) is 15.0 Å². The zero-order valence-electron chi connectivity index (χ0n) is 12.5. The Morgan fingerprint density at radius 1 is 1.24 bits per heavy atom. The molecule has 1 saturated heterocycles. The third-order valence-electron chi connectivity index (χ3n) is 3.83. The number of imidazole rings is 1. The first kappa shape index (κ1) is 13.8. The van der Waals surface area contributed by atoms with Gasteiger partial charge in [0.1, 0.15) is 6.33 Å². The number of hydrogen-bond donors (Lipinski definition) is 1. The maximum atomic E-state index is 4.60. The Kier molecular flexibility index (Phi) is 3.98. The molecule has 1 aliphatic rings. The van der Waals surface area contributed by atoms with Crippen molar-refractivity contribution in [3.63, 3.8) is 0 Å². The molecule has 0 radical (unpaired) electrons. The van der Waals surface area contributed by atoms with Gasteiger partial charge in [-0.3, -0.25) is 4.57 Å². The van der Waals surface area contributed by atoms with Gasteiger partial charge in [0.15, 0.2) is 0 Å². The van der Waals surface area contributed by atoms with Crippen LogP contribution < -0.4 is 10.2 Å². The minimum absolute atomic E-state index is 0.605. The molecule has 1 fully saturated rings. The van der Waals surface area contributed by atoms with Crippen LogP contribution in [0.3, 0.4) is 0 Å². The van der Waals surface area contributed by atoms with Crippen molar-refractivity contribution in [2.75, 3.05) is 29.9 Å². The Morgan fingerprint density at radius 3 is 2.76 bits per heavy atom. The van der Waals surface area contributed by atoms with Crippen LogP contribution in [0.1, 0.15) is 26.7 Å². The third kappa shape index (κ3) is 2.96. The molecule has 0 amide bonds. The highest BCUT2D eigenvalue weighted by molar-refractivity contribution is 5.41. The minimum atomic E-state index is 0.605. The second-order valence-electron chi connectivity index (χ2n) is 5.27. The van der Waals surface area contributed by atoms with E-state index in [2.05, 4.69) is 37.1 Å². The molecule has 112 valence electrons. The van der Waals surface area contributed by atoms with Crippen molar-refractivity contribution in [3.8, 4) is 5.95 Å². The second kappa shape index (κ2) is 6.07. The Hall–Kier alpha value is -2.18. The molecule has 0 saturated carbocycles. The predicted molar refractivity (Wildman–Crippen MR) is 81.7 cm³/mol. The average Bonchev–Trinajstić information content (AvgIpc) is 3.19. The lowest BCUT2D eigenvalue weighted by molar-refractivity contribution is 0.568. The summed E-state index contributed by atoms with van der Waals surface area (Å²) in [5.74, 6) is 2.71. The highest BCUT2D eigenvalue weighted by Crippen LogP contribution is 2.24. The molecule has 7 nitrogen and oxygen atoms in total. The molecule has 0 aliphatic carbocycles. The van der Waals surface area contributed by atoms with Gasteiger partial charge in [-0.05, 0) is 19.3 Å². The van der Waals surface area contributed by atoms with Crippen molar-refractivity contribution < 1.29 is 0 Å². The van der Waals surface area contributed by atoms with Crippen LogP contribution in [-0.4, -0.2) is 44.1 Å². The van der Waals surface area contributed by atoms with E-state index in [1.54, 1.807) is 17.1 Å². The van der Waals surface area contributed by atoms with E-state index in [1.807, 2.05) is 13.1 Å². The zero-order valence-corrected chi connectivity index (χ0v) is 12.5. The van der Waals surface area contributed by atoms with Crippen LogP contribution in [0.15, 0.2) is 18.7 Å². The summed E-state index contributed by atoms with van der Waals surface area (Å²) in [5, 5.41) is 3.18. The topological polar surface area (TPSA) is 71.8 Å². The first-order valence-corrected chi connectivity index (χ1v) is 7.53. The SMILES string of the molecule is CCNc1nc(N2CCC(CC)C2)nc(-n2ccnc2)n1. The monoisotopic (exact) mass is 287 g/mol. The Labute approximate surface area is 124 Å². The van der Waals surface area contributed by atoms with Gasteiger partial charge in [0.05, 0.1) is 0 Å².